The van der Waals surface area contributed by atoms with Crippen LogP contribution in [-0.2, 0) is 12.8 Å². The number of pyridine rings is 2. The lowest BCUT2D eigenvalue weighted by molar-refractivity contribution is 0.552. The maximum atomic E-state index is 4.24. The van der Waals surface area contributed by atoms with Crippen LogP contribution in [0.1, 0.15) is 37.8 Å². The summed E-state index contributed by atoms with van der Waals surface area (Å²) in [5, 5.41) is 11.5. The molecule has 0 amide bonds. The molecule has 0 bridgehead atoms. The van der Waals surface area contributed by atoms with E-state index in [0.29, 0.717) is 0 Å². The Morgan fingerprint density at radius 2 is 2.04 bits per heavy atom. The molecular formula is C21H28N6. The lowest BCUT2D eigenvalue weighted by Crippen LogP contribution is -2.32. The molecule has 27 heavy (non-hydrogen) atoms. The first-order chi connectivity index (χ1) is 13.3. The Morgan fingerprint density at radius 1 is 1.22 bits per heavy atom. The molecule has 1 aliphatic heterocycles. The van der Waals surface area contributed by atoms with Crippen molar-refractivity contribution in [3.63, 3.8) is 0 Å². The van der Waals surface area contributed by atoms with Crippen LogP contribution in [0.25, 0.3) is 0 Å². The van der Waals surface area contributed by atoms with Crippen LogP contribution < -0.4 is 10.7 Å². The summed E-state index contributed by atoms with van der Waals surface area (Å²) in [6, 6.07) is 6.22. The Balaban J connectivity index is 0.00000126. The van der Waals surface area contributed by atoms with E-state index in [1.54, 1.807) is 12.4 Å². The van der Waals surface area contributed by atoms with Crippen molar-refractivity contribution in [2.45, 2.75) is 45.6 Å². The molecule has 3 rings (SSSR count). The maximum absolute atomic E-state index is 4.24. The molecule has 0 spiro atoms. The fraction of sp³-hybridized carbons (Fsp3) is 0.333. The van der Waals surface area contributed by atoms with Crippen LogP contribution in [0, 0.1) is 0 Å². The molecule has 0 fully saturated rings. The highest BCUT2D eigenvalue weighted by Gasteiger charge is 2.11. The Kier molecular flexibility index (Phi) is 8.69. The maximum Gasteiger partial charge on any atom is 0.106 e. The Bertz CT molecular complexity index is 754. The minimum Gasteiger partial charge on any atom is -0.383 e. The minimum atomic E-state index is 0.188. The molecule has 1 unspecified atom stereocenters. The largest absolute Gasteiger partial charge is 0.383 e. The number of hydrogen-bond donors (Lipinski definition) is 2. The normalized spacial score (nSPS) is 15.6. The monoisotopic (exact) mass is 364 g/mol. The van der Waals surface area contributed by atoms with Gasteiger partial charge in [-0.1, -0.05) is 37.8 Å². The van der Waals surface area contributed by atoms with Crippen molar-refractivity contribution in [3.8, 4) is 0 Å². The van der Waals surface area contributed by atoms with Gasteiger partial charge in [0.25, 0.3) is 0 Å². The van der Waals surface area contributed by atoms with Gasteiger partial charge in [-0.05, 0) is 55.1 Å². The zero-order valence-corrected chi connectivity index (χ0v) is 16.1. The number of nitrogens with zero attached hydrogens (tertiary/aromatic N) is 4. The molecule has 6 heteroatoms. The topological polar surface area (TPSA) is 74.6 Å². The molecule has 0 saturated heterocycles. The van der Waals surface area contributed by atoms with Gasteiger partial charge in [0, 0.05) is 18.6 Å². The fourth-order valence-corrected chi connectivity index (χ4v) is 2.61. The van der Waals surface area contributed by atoms with Crippen molar-refractivity contribution in [2.24, 2.45) is 10.3 Å². The molecule has 6 nitrogen and oxygen atoms in total. The molecule has 0 saturated carbocycles. The SMILES string of the molecule is C=C(NN=Nc1cncc(CCc2cccnc2)c1)C1CCC=CN1.CC. The highest BCUT2D eigenvalue weighted by Crippen LogP contribution is 2.15. The van der Waals surface area contributed by atoms with Crippen LogP contribution in [0.3, 0.4) is 0 Å². The van der Waals surface area contributed by atoms with Gasteiger partial charge in [-0.15, -0.1) is 5.11 Å². The number of aryl methyl sites for hydroxylation is 2. The van der Waals surface area contributed by atoms with Crippen molar-refractivity contribution < 1.29 is 0 Å². The van der Waals surface area contributed by atoms with Gasteiger partial charge in [0.05, 0.1) is 17.9 Å². The summed E-state index contributed by atoms with van der Waals surface area (Å²) in [5.41, 5.74) is 6.78. The molecule has 2 aromatic rings. The molecule has 142 valence electrons. The number of aromatic nitrogens is 2. The van der Waals surface area contributed by atoms with Crippen molar-refractivity contribution in [3.05, 3.63) is 78.7 Å². The number of rotatable bonds is 7. The first-order valence-corrected chi connectivity index (χ1v) is 9.41. The average Bonchev–Trinajstić information content (AvgIpc) is 2.75. The van der Waals surface area contributed by atoms with Crippen LogP contribution in [-0.4, -0.2) is 16.0 Å². The lowest BCUT2D eigenvalue weighted by atomic mass is 10.1. The second-order valence-electron chi connectivity index (χ2n) is 5.95. The molecule has 3 heterocycles. The van der Waals surface area contributed by atoms with Gasteiger partial charge < -0.3 is 5.32 Å². The van der Waals surface area contributed by atoms with Gasteiger partial charge >= 0.3 is 0 Å². The number of nitrogens with one attached hydrogen (secondary N) is 2. The predicted octanol–water partition coefficient (Wildman–Crippen LogP) is 4.66. The van der Waals surface area contributed by atoms with E-state index in [0.717, 1.165) is 42.6 Å². The van der Waals surface area contributed by atoms with Crippen molar-refractivity contribution >= 4 is 5.69 Å². The molecule has 2 N–H and O–H groups in total. The van der Waals surface area contributed by atoms with E-state index in [1.165, 1.54) is 5.56 Å². The second-order valence-corrected chi connectivity index (χ2v) is 5.95. The predicted molar refractivity (Wildman–Crippen MR) is 109 cm³/mol. The van der Waals surface area contributed by atoms with Crippen LogP contribution in [0.15, 0.2) is 77.9 Å². The zero-order valence-electron chi connectivity index (χ0n) is 16.1. The fourth-order valence-electron chi connectivity index (χ4n) is 2.61. The summed E-state index contributed by atoms with van der Waals surface area (Å²) in [5.74, 6) is 0. The van der Waals surface area contributed by atoms with E-state index in [-0.39, 0.29) is 6.04 Å². The first-order valence-electron chi connectivity index (χ1n) is 9.41. The summed E-state index contributed by atoms with van der Waals surface area (Å²) in [6.45, 7) is 8.01. The molecule has 1 atom stereocenters. The van der Waals surface area contributed by atoms with Crippen LogP contribution in [0.5, 0.6) is 0 Å². The van der Waals surface area contributed by atoms with E-state index in [1.807, 2.05) is 44.6 Å². The van der Waals surface area contributed by atoms with E-state index < -0.39 is 0 Å². The first kappa shape index (κ1) is 20.3. The molecule has 0 aromatic carbocycles. The quantitative estimate of drug-likeness (QED) is 0.554. The van der Waals surface area contributed by atoms with Gasteiger partial charge in [-0.3, -0.25) is 15.4 Å². The van der Waals surface area contributed by atoms with Crippen LogP contribution >= 0.6 is 0 Å². The average molecular weight is 364 g/mol. The third-order valence-corrected chi connectivity index (χ3v) is 4.02. The molecule has 0 aliphatic carbocycles. The summed E-state index contributed by atoms with van der Waals surface area (Å²) >= 11 is 0. The molecule has 0 radical (unpaired) electrons. The molecular weight excluding hydrogens is 336 g/mol. The zero-order chi connectivity index (χ0) is 19.3. The summed E-state index contributed by atoms with van der Waals surface area (Å²) < 4.78 is 0. The lowest BCUT2D eigenvalue weighted by Gasteiger charge is -2.21. The van der Waals surface area contributed by atoms with E-state index in [2.05, 4.69) is 49.8 Å². The third kappa shape index (κ3) is 7.01. The summed E-state index contributed by atoms with van der Waals surface area (Å²) in [4.78, 5) is 8.38. The van der Waals surface area contributed by atoms with Crippen LogP contribution in [0.4, 0.5) is 5.69 Å². The van der Waals surface area contributed by atoms with Crippen molar-refractivity contribution in [1.29, 1.82) is 0 Å². The molecule has 2 aromatic heterocycles. The van der Waals surface area contributed by atoms with E-state index in [9.17, 15) is 0 Å². The van der Waals surface area contributed by atoms with Gasteiger partial charge in [0.15, 0.2) is 0 Å². The standard InChI is InChI=1S/C19H22N6.C2H6/c1-15(19-6-2-3-10-22-19)23-25-24-18-11-17(13-21-14-18)8-7-16-5-4-9-20-12-16;1-2/h3-5,9-14,19,22H,1-2,6-8H2,(H,23,24);1-2H3. The van der Waals surface area contributed by atoms with Gasteiger partial charge in [-0.25, -0.2) is 0 Å². The Labute approximate surface area is 161 Å². The number of allylic oxidation sites excluding steroid dienone is 1. The smallest absolute Gasteiger partial charge is 0.106 e. The van der Waals surface area contributed by atoms with Gasteiger partial charge in [0.1, 0.15) is 5.69 Å². The van der Waals surface area contributed by atoms with Crippen molar-refractivity contribution in [1.82, 2.24) is 20.7 Å². The summed E-state index contributed by atoms with van der Waals surface area (Å²) in [6.07, 6.45) is 15.1. The second kappa shape index (κ2) is 11.6. The highest BCUT2D eigenvalue weighted by atomic mass is 15.4. The summed E-state index contributed by atoms with van der Waals surface area (Å²) in [7, 11) is 0. The van der Waals surface area contributed by atoms with Gasteiger partial charge in [-0.2, -0.15) is 0 Å². The number of hydrogen-bond acceptors (Lipinski definition) is 5. The highest BCUT2D eigenvalue weighted by molar-refractivity contribution is 5.36. The minimum absolute atomic E-state index is 0.188. The van der Waals surface area contributed by atoms with Gasteiger partial charge in [0.2, 0.25) is 0 Å². The van der Waals surface area contributed by atoms with E-state index in [4.69, 9.17) is 0 Å². The molecule has 1 aliphatic rings. The third-order valence-electron chi connectivity index (χ3n) is 4.02. The Hall–Kier alpha value is -3.02. The van der Waals surface area contributed by atoms with E-state index >= 15 is 0 Å². The van der Waals surface area contributed by atoms with Crippen LogP contribution in [0.2, 0.25) is 0 Å². The Morgan fingerprint density at radius 3 is 2.78 bits per heavy atom. The van der Waals surface area contributed by atoms with Crippen molar-refractivity contribution in [2.75, 3.05) is 0 Å².